The Bertz CT molecular complexity index is 448. The van der Waals surface area contributed by atoms with Gasteiger partial charge in [-0.15, -0.1) is 11.6 Å². The highest BCUT2D eigenvalue weighted by Crippen LogP contribution is 2.19. The molecule has 0 spiro atoms. The van der Waals surface area contributed by atoms with Gasteiger partial charge in [0.1, 0.15) is 0 Å². The topological polar surface area (TPSA) is 20.2 Å². The largest absolute Gasteiger partial charge is 0.392 e. The minimum atomic E-state index is -0.461. The van der Waals surface area contributed by atoms with Crippen molar-refractivity contribution < 1.29 is 5.11 Å². The van der Waals surface area contributed by atoms with Gasteiger partial charge in [0.05, 0.1) is 6.10 Å². The molecule has 2 rings (SSSR count). The average molecular weight is 221 g/mol. The number of aliphatic hydroxyl groups excluding tert-OH is 1. The zero-order chi connectivity index (χ0) is 10.7. The summed E-state index contributed by atoms with van der Waals surface area (Å²) in [6.45, 7) is 0. The van der Waals surface area contributed by atoms with E-state index >= 15 is 0 Å². The van der Waals surface area contributed by atoms with E-state index < -0.39 is 6.10 Å². The third-order valence-electron chi connectivity index (χ3n) is 2.51. The van der Waals surface area contributed by atoms with Crippen molar-refractivity contribution in [3.63, 3.8) is 0 Å². The quantitative estimate of drug-likeness (QED) is 0.789. The Labute approximate surface area is 94.3 Å². The van der Waals surface area contributed by atoms with Gasteiger partial charge in [-0.05, 0) is 16.3 Å². The second kappa shape index (κ2) is 4.65. The molecule has 0 saturated heterocycles. The summed E-state index contributed by atoms with van der Waals surface area (Å²) >= 11 is 5.60. The fourth-order valence-electron chi connectivity index (χ4n) is 1.78. The molecule has 2 aromatic carbocycles. The van der Waals surface area contributed by atoms with E-state index in [4.69, 9.17) is 11.6 Å². The first-order valence-electron chi connectivity index (χ1n) is 5.02. The smallest absolute Gasteiger partial charge is 0.0716 e. The summed E-state index contributed by atoms with van der Waals surface area (Å²) in [6.07, 6.45) is 0.155. The molecule has 2 aromatic rings. The molecule has 0 heterocycles. The Balaban J connectivity index is 2.42. The first-order valence-corrected chi connectivity index (χ1v) is 5.55. The highest BCUT2D eigenvalue weighted by Gasteiger charge is 2.06. The highest BCUT2D eigenvalue weighted by molar-refractivity contribution is 6.18. The molecule has 0 radical (unpaired) electrons. The molecule has 0 amide bonds. The first-order chi connectivity index (χ1) is 7.31. The third kappa shape index (κ3) is 2.31. The summed E-state index contributed by atoms with van der Waals surface area (Å²) in [5.74, 6) is 0.281. The molecule has 1 N–H and O–H groups in total. The number of halogens is 1. The van der Waals surface area contributed by atoms with Crippen molar-refractivity contribution in [1.29, 1.82) is 0 Å². The number of benzene rings is 2. The molecule has 0 aliphatic heterocycles. The molecule has 15 heavy (non-hydrogen) atoms. The lowest BCUT2D eigenvalue weighted by Gasteiger charge is -2.09. The van der Waals surface area contributed by atoms with Crippen LogP contribution < -0.4 is 0 Å². The van der Waals surface area contributed by atoms with E-state index in [1.807, 2.05) is 24.3 Å². The van der Waals surface area contributed by atoms with Crippen LogP contribution in [0.25, 0.3) is 10.8 Å². The van der Waals surface area contributed by atoms with Gasteiger partial charge in [-0.3, -0.25) is 0 Å². The summed E-state index contributed by atoms with van der Waals surface area (Å²) in [6, 6.07) is 14.3. The van der Waals surface area contributed by atoms with E-state index in [1.165, 1.54) is 10.8 Å². The number of rotatable bonds is 3. The van der Waals surface area contributed by atoms with Crippen molar-refractivity contribution in [1.82, 2.24) is 0 Å². The zero-order valence-electron chi connectivity index (χ0n) is 8.36. The normalized spacial score (nSPS) is 12.9. The van der Waals surface area contributed by atoms with Crippen molar-refractivity contribution in [2.75, 3.05) is 5.88 Å². The van der Waals surface area contributed by atoms with Gasteiger partial charge >= 0.3 is 0 Å². The Hall–Kier alpha value is -1.05. The van der Waals surface area contributed by atoms with Crippen LogP contribution in [0.15, 0.2) is 42.5 Å². The molecule has 78 valence electrons. The van der Waals surface area contributed by atoms with Crippen molar-refractivity contribution in [2.45, 2.75) is 12.5 Å². The van der Waals surface area contributed by atoms with E-state index in [2.05, 4.69) is 18.2 Å². The SMILES string of the molecule is O[C@@H](CCl)Cc1cccc2ccccc12. The fraction of sp³-hybridized carbons (Fsp3) is 0.231. The van der Waals surface area contributed by atoms with Crippen molar-refractivity contribution >= 4 is 22.4 Å². The lowest BCUT2D eigenvalue weighted by molar-refractivity contribution is 0.199. The maximum absolute atomic E-state index is 9.54. The number of alkyl halides is 1. The first kappa shape index (κ1) is 10.5. The number of hydrogen-bond acceptors (Lipinski definition) is 1. The van der Waals surface area contributed by atoms with Gasteiger partial charge in [0.25, 0.3) is 0 Å². The second-order valence-corrected chi connectivity index (χ2v) is 3.96. The van der Waals surface area contributed by atoms with Crippen LogP contribution in [-0.2, 0) is 6.42 Å². The van der Waals surface area contributed by atoms with Gasteiger partial charge in [-0.1, -0.05) is 42.5 Å². The average Bonchev–Trinajstić information content (AvgIpc) is 2.29. The van der Waals surface area contributed by atoms with Gasteiger partial charge in [0.2, 0.25) is 0 Å². The van der Waals surface area contributed by atoms with E-state index in [9.17, 15) is 5.11 Å². The second-order valence-electron chi connectivity index (χ2n) is 3.65. The summed E-state index contributed by atoms with van der Waals surface area (Å²) in [7, 11) is 0. The minimum Gasteiger partial charge on any atom is -0.392 e. The molecule has 1 nitrogen and oxygen atoms in total. The van der Waals surface area contributed by atoms with E-state index in [-0.39, 0.29) is 5.88 Å². The molecule has 0 aliphatic carbocycles. The van der Waals surface area contributed by atoms with Crippen LogP contribution in [0, 0.1) is 0 Å². The minimum absolute atomic E-state index is 0.281. The van der Waals surface area contributed by atoms with E-state index in [0.717, 1.165) is 5.56 Å². The summed E-state index contributed by atoms with van der Waals surface area (Å²) in [5, 5.41) is 11.9. The molecule has 0 fully saturated rings. The molecule has 1 atom stereocenters. The van der Waals surface area contributed by atoms with Crippen molar-refractivity contribution in [3.8, 4) is 0 Å². The Kier molecular flexibility index (Phi) is 3.24. The van der Waals surface area contributed by atoms with E-state index in [0.29, 0.717) is 6.42 Å². The molecule has 0 saturated carbocycles. The van der Waals surface area contributed by atoms with Crippen LogP contribution in [-0.4, -0.2) is 17.1 Å². The lowest BCUT2D eigenvalue weighted by Crippen LogP contribution is -2.11. The van der Waals surface area contributed by atoms with Gasteiger partial charge < -0.3 is 5.11 Å². The molecular formula is C13H13ClO. The molecule has 0 aromatic heterocycles. The lowest BCUT2D eigenvalue weighted by atomic mass is 10.0. The summed E-state index contributed by atoms with van der Waals surface area (Å²) in [4.78, 5) is 0. The third-order valence-corrected chi connectivity index (χ3v) is 2.87. The fourth-order valence-corrected chi connectivity index (χ4v) is 1.89. The Morgan fingerprint density at radius 2 is 1.80 bits per heavy atom. The van der Waals surface area contributed by atoms with Gasteiger partial charge in [0, 0.05) is 12.3 Å². The standard InChI is InChI=1S/C13H13ClO/c14-9-12(15)8-11-6-3-5-10-4-1-2-7-13(10)11/h1-7,12,15H,8-9H2/t12-/m1/s1. The maximum Gasteiger partial charge on any atom is 0.0716 e. The van der Waals surface area contributed by atoms with Gasteiger partial charge in [-0.25, -0.2) is 0 Å². The molecule has 0 aliphatic rings. The predicted molar refractivity (Wildman–Crippen MR) is 64.4 cm³/mol. The Morgan fingerprint density at radius 1 is 1.07 bits per heavy atom. The van der Waals surface area contributed by atoms with Crippen LogP contribution in [0.4, 0.5) is 0 Å². The number of aliphatic hydroxyl groups is 1. The van der Waals surface area contributed by atoms with Crippen LogP contribution in [0.2, 0.25) is 0 Å². The number of fused-ring (bicyclic) bond motifs is 1. The van der Waals surface area contributed by atoms with Crippen LogP contribution in [0.3, 0.4) is 0 Å². The monoisotopic (exact) mass is 220 g/mol. The molecule has 0 unspecified atom stereocenters. The predicted octanol–water partition coefficient (Wildman–Crippen LogP) is 2.98. The number of hydrogen-bond donors (Lipinski definition) is 1. The molecular weight excluding hydrogens is 208 g/mol. The Morgan fingerprint density at radius 3 is 2.60 bits per heavy atom. The van der Waals surface area contributed by atoms with Crippen molar-refractivity contribution in [3.05, 3.63) is 48.0 Å². The molecule has 2 heteroatoms. The summed E-state index contributed by atoms with van der Waals surface area (Å²) in [5.41, 5.74) is 1.15. The molecule has 0 bridgehead atoms. The van der Waals surface area contributed by atoms with Gasteiger partial charge in [0.15, 0.2) is 0 Å². The van der Waals surface area contributed by atoms with Crippen LogP contribution in [0.5, 0.6) is 0 Å². The van der Waals surface area contributed by atoms with Crippen molar-refractivity contribution in [2.24, 2.45) is 0 Å². The zero-order valence-corrected chi connectivity index (χ0v) is 9.11. The van der Waals surface area contributed by atoms with E-state index in [1.54, 1.807) is 0 Å². The highest BCUT2D eigenvalue weighted by atomic mass is 35.5. The van der Waals surface area contributed by atoms with Gasteiger partial charge in [-0.2, -0.15) is 0 Å². The maximum atomic E-state index is 9.54. The van der Waals surface area contributed by atoms with Crippen LogP contribution >= 0.6 is 11.6 Å². The van der Waals surface area contributed by atoms with Crippen LogP contribution in [0.1, 0.15) is 5.56 Å². The summed E-state index contributed by atoms with van der Waals surface area (Å²) < 4.78 is 0.